The van der Waals surface area contributed by atoms with Crippen molar-refractivity contribution >= 4 is 38.9 Å². The predicted octanol–water partition coefficient (Wildman–Crippen LogP) is 1.79. The van der Waals surface area contributed by atoms with E-state index in [0.29, 0.717) is 30.7 Å². The average Bonchev–Trinajstić information content (AvgIpc) is 3.14. The van der Waals surface area contributed by atoms with Crippen LogP contribution in [0.15, 0.2) is 17.6 Å². The molecule has 4 aliphatic heterocycles. The molecule has 8 heteroatoms. The van der Waals surface area contributed by atoms with Crippen LogP contribution in [-0.2, 0) is 4.79 Å². The van der Waals surface area contributed by atoms with E-state index in [2.05, 4.69) is 22.1 Å². The highest BCUT2D eigenvalue weighted by Gasteiger charge is 2.40. The summed E-state index contributed by atoms with van der Waals surface area (Å²) in [6, 6.07) is 2.41. The van der Waals surface area contributed by atoms with Crippen LogP contribution >= 0.6 is 11.3 Å². The molecule has 154 valence electrons. The third-order valence-corrected chi connectivity index (χ3v) is 7.77. The summed E-state index contributed by atoms with van der Waals surface area (Å²) in [4.78, 5) is 36.3. The number of nitrogens with one attached hydrogen (secondary N) is 1. The maximum atomic E-state index is 13.0. The molecule has 2 amide bonds. The van der Waals surface area contributed by atoms with Crippen molar-refractivity contribution in [2.24, 2.45) is 5.92 Å². The molecule has 2 bridgehead atoms. The van der Waals surface area contributed by atoms with Crippen LogP contribution < -0.4 is 10.2 Å². The second-order valence-electron chi connectivity index (χ2n) is 8.58. The predicted molar refractivity (Wildman–Crippen MR) is 114 cm³/mol. The van der Waals surface area contributed by atoms with Crippen molar-refractivity contribution in [1.82, 2.24) is 20.1 Å². The summed E-state index contributed by atoms with van der Waals surface area (Å²) in [5.74, 6) is 0.545. The van der Waals surface area contributed by atoms with Crippen LogP contribution in [0.25, 0.3) is 10.1 Å². The number of carbonyl (C=O) groups is 2. The molecule has 6 heterocycles. The molecule has 0 aliphatic carbocycles. The van der Waals surface area contributed by atoms with Gasteiger partial charge in [-0.2, -0.15) is 0 Å². The van der Waals surface area contributed by atoms with Gasteiger partial charge in [0, 0.05) is 42.1 Å². The van der Waals surface area contributed by atoms with Crippen LogP contribution in [0, 0.1) is 5.92 Å². The average molecular weight is 414 g/mol. The maximum absolute atomic E-state index is 13.0. The SMILES string of the molecule is C[C@@H]1[C@H](NC(=O)c2cc3c(N4CCN(C)CC4=O)csc3cn2)C2CCN1CC2. The summed E-state index contributed by atoms with van der Waals surface area (Å²) in [6.45, 7) is 6.43. The Bertz CT molecular complexity index is 950. The zero-order valence-corrected chi connectivity index (χ0v) is 17.7. The number of fused-ring (bicyclic) bond motifs is 4. The normalized spacial score (nSPS) is 30.1. The number of aromatic nitrogens is 1. The molecule has 0 saturated carbocycles. The highest BCUT2D eigenvalue weighted by atomic mass is 32.1. The van der Waals surface area contributed by atoms with Crippen molar-refractivity contribution in [2.45, 2.75) is 31.8 Å². The van der Waals surface area contributed by atoms with Gasteiger partial charge in [-0.25, -0.2) is 4.98 Å². The Labute approximate surface area is 174 Å². The van der Waals surface area contributed by atoms with Gasteiger partial charge in [0.2, 0.25) is 5.91 Å². The van der Waals surface area contributed by atoms with Crippen molar-refractivity contribution in [3.8, 4) is 0 Å². The van der Waals surface area contributed by atoms with Gasteiger partial charge < -0.3 is 10.2 Å². The highest BCUT2D eigenvalue weighted by molar-refractivity contribution is 7.17. The number of carbonyl (C=O) groups excluding carboxylic acids is 2. The molecule has 1 N–H and O–H groups in total. The number of pyridine rings is 1. The lowest BCUT2D eigenvalue weighted by molar-refractivity contribution is -0.120. The molecule has 2 aromatic rings. The number of anilines is 1. The second-order valence-corrected chi connectivity index (χ2v) is 9.49. The molecule has 29 heavy (non-hydrogen) atoms. The zero-order valence-electron chi connectivity index (χ0n) is 16.9. The van der Waals surface area contributed by atoms with Gasteiger partial charge >= 0.3 is 0 Å². The van der Waals surface area contributed by atoms with Crippen molar-refractivity contribution in [2.75, 3.05) is 44.7 Å². The van der Waals surface area contributed by atoms with Crippen molar-refractivity contribution in [3.63, 3.8) is 0 Å². The second kappa shape index (κ2) is 7.34. The van der Waals surface area contributed by atoms with Gasteiger partial charge in [0.05, 0.1) is 16.9 Å². The van der Waals surface area contributed by atoms with Gasteiger partial charge in [-0.3, -0.25) is 19.4 Å². The molecule has 2 atom stereocenters. The minimum Gasteiger partial charge on any atom is -0.346 e. The van der Waals surface area contributed by atoms with Crippen LogP contribution in [0.3, 0.4) is 0 Å². The van der Waals surface area contributed by atoms with Gasteiger partial charge in [0.25, 0.3) is 5.91 Å². The molecule has 4 aliphatic rings. The summed E-state index contributed by atoms with van der Waals surface area (Å²) in [7, 11) is 1.96. The van der Waals surface area contributed by atoms with Gasteiger partial charge in [-0.15, -0.1) is 11.3 Å². The van der Waals surface area contributed by atoms with Gasteiger partial charge in [-0.1, -0.05) is 0 Å². The van der Waals surface area contributed by atoms with E-state index in [1.165, 1.54) is 0 Å². The lowest BCUT2D eigenvalue weighted by Gasteiger charge is -2.49. The number of nitrogens with zero attached hydrogens (tertiary/aromatic N) is 4. The van der Waals surface area contributed by atoms with E-state index < -0.39 is 0 Å². The van der Waals surface area contributed by atoms with Crippen LogP contribution in [0.1, 0.15) is 30.3 Å². The number of piperazine rings is 1. The lowest BCUT2D eigenvalue weighted by Crippen LogP contribution is -2.62. The fourth-order valence-corrected chi connectivity index (χ4v) is 5.97. The maximum Gasteiger partial charge on any atom is 0.270 e. The summed E-state index contributed by atoms with van der Waals surface area (Å²) in [6.07, 6.45) is 4.07. The number of hydrogen-bond acceptors (Lipinski definition) is 6. The summed E-state index contributed by atoms with van der Waals surface area (Å²) < 4.78 is 1.000. The third kappa shape index (κ3) is 3.33. The summed E-state index contributed by atoms with van der Waals surface area (Å²) in [5.41, 5.74) is 1.33. The number of amides is 2. The van der Waals surface area contributed by atoms with Crippen molar-refractivity contribution in [3.05, 3.63) is 23.3 Å². The van der Waals surface area contributed by atoms with E-state index in [9.17, 15) is 9.59 Å². The molecule has 0 spiro atoms. The molecule has 4 fully saturated rings. The summed E-state index contributed by atoms with van der Waals surface area (Å²) >= 11 is 1.57. The van der Waals surface area contributed by atoms with Crippen molar-refractivity contribution < 1.29 is 9.59 Å². The largest absolute Gasteiger partial charge is 0.346 e. The number of piperidine rings is 3. The Kier molecular flexibility index (Phi) is 4.80. The fraction of sp³-hybridized carbons (Fsp3) is 0.571. The van der Waals surface area contributed by atoms with Gasteiger partial charge in [0.15, 0.2) is 0 Å². The molecule has 0 unspecified atom stereocenters. The molecule has 0 radical (unpaired) electrons. The fourth-order valence-electron chi connectivity index (χ4n) is 5.07. The first-order valence-corrected chi connectivity index (χ1v) is 11.3. The first-order valence-electron chi connectivity index (χ1n) is 10.4. The molecule has 2 aromatic heterocycles. The van der Waals surface area contributed by atoms with Crippen LogP contribution in [0.4, 0.5) is 5.69 Å². The number of hydrogen-bond donors (Lipinski definition) is 1. The first kappa shape index (κ1) is 19.0. The molecule has 7 nitrogen and oxygen atoms in total. The smallest absolute Gasteiger partial charge is 0.270 e. The monoisotopic (exact) mass is 413 g/mol. The Morgan fingerprint density at radius 1 is 1.24 bits per heavy atom. The van der Waals surface area contributed by atoms with E-state index in [4.69, 9.17) is 0 Å². The van der Waals surface area contributed by atoms with E-state index >= 15 is 0 Å². The standard InChI is InChI=1S/C21H27N5O2S/c1-13-20(14-3-5-25(13)6-4-14)23-21(28)16-9-15-17(12-29-18(15)10-22-16)26-8-7-24(2)11-19(26)27/h9-10,12-14,20H,3-8,11H2,1-2H3,(H,23,28)/t13-,20+/m1/s1. The minimum absolute atomic E-state index is 0.0994. The zero-order chi connectivity index (χ0) is 20.1. The Morgan fingerprint density at radius 3 is 2.76 bits per heavy atom. The third-order valence-electron chi connectivity index (χ3n) is 6.85. The summed E-state index contributed by atoms with van der Waals surface area (Å²) in [5, 5.41) is 6.21. The molecular weight excluding hydrogens is 386 g/mol. The molecular formula is C21H27N5O2S. The quantitative estimate of drug-likeness (QED) is 0.831. The van der Waals surface area contributed by atoms with E-state index in [0.717, 1.165) is 48.2 Å². The Hall–Kier alpha value is -2.03. The molecule has 4 saturated heterocycles. The Morgan fingerprint density at radius 2 is 2.03 bits per heavy atom. The van der Waals surface area contributed by atoms with Crippen LogP contribution in [-0.4, -0.2) is 78.5 Å². The molecule has 0 aromatic carbocycles. The Balaban J connectivity index is 1.39. The van der Waals surface area contributed by atoms with Crippen molar-refractivity contribution in [1.29, 1.82) is 0 Å². The van der Waals surface area contributed by atoms with E-state index in [-0.39, 0.29) is 17.9 Å². The first-order chi connectivity index (χ1) is 14.0. The van der Waals surface area contributed by atoms with Gasteiger partial charge in [-0.05, 0) is 51.9 Å². The van der Waals surface area contributed by atoms with E-state index in [1.54, 1.807) is 17.5 Å². The number of likely N-dealkylation sites (N-methyl/N-ethyl adjacent to an activating group) is 1. The highest BCUT2D eigenvalue weighted by Crippen LogP contribution is 2.35. The van der Waals surface area contributed by atoms with Crippen LogP contribution in [0.2, 0.25) is 0 Å². The van der Waals surface area contributed by atoms with E-state index in [1.807, 2.05) is 28.3 Å². The minimum atomic E-state index is -0.112. The number of thiophene rings is 1. The van der Waals surface area contributed by atoms with Crippen LogP contribution in [0.5, 0.6) is 0 Å². The lowest BCUT2D eigenvalue weighted by atomic mass is 9.79. The number of rotatable bonds is 3. The van der Waals surface area contributed by atoms with Gasteiger partial charge in [0.1, 0.15) is 5.69 Å². The topological polar surface area (TPSA) is 68.8 Å². The molecule has 6 rings (SSSR count).